The summed E-state index contributed by atoms with van der Waals surface area (Å²) in [6.45, 7) is 2.88. The molecule has 0 spiro atoms. The molecule has 2 fully saturated rings. The van der Waals surface area contributed by atoms with Crippen LogP contribution in [0.15, 0.2) is 0 Å². The van der Waals surface area contributed by atoms with Crippen molar-refractivity contribution in [2.75, 3.05) is 13.2 Å². The normalized spacial score (nSPS) is 29.9. The van der Waals surface area contributed by atoms with Crippen molar-refractivity contribution < 1.29 is 19.4 Å². The molecule has 0 radical (unpaired) electrons. The van der Waals surface area contributed by atoms with Gasteiger partial charge in [-0.25, -0.2) is 0 Å². The van der Waals surface area contributed by atoms with Crippen LogP contribution in [0.1, 0.15) is 32.6 Å². The van der Waals surface area contributed by atoms with E-state index in [0.717, 1.165) is 12.8 Å². The van der Waals surface area contributed by atoms with Crippen LogP contribution in [0.5, 0.6) is 0 Å². The highest BCUT2D eigenvalue weighted by molar-refractivity contribution is 5.82. The molecule has 1 amide bonds. The Bertz CT molecular complexity index is 324. The van der Waals surface area contributed by atoms with E-state index in [2.05, 4.69) is 5.32 Å². The summed E-state index contributed by atoms with van der Waals surface area (Å²) in [5.74, 6) is -0.959. The Hall–Kier alpha value is -1.10. The molecule has 2 N–H and O–H groups in total. The number of carboxylic acids is 1. The number of aliphatic carboxylic acids is 1. The number of amides is 1. The van der Waals surface area contributed by atoms with Gasteiger partial charge in [-0.3, -0.25) is 9.59 Å². The maximum Gasteiger partial charge on any atom is 0.311 e. The summed E-state index contributed by atoms with van der Waals surface area (Å²) < 4.78 is 5.45. The highest BCUT2D eigenvalue weighted by atomic mass is 16.5. The number of carboxylic acid groups (broad SMARTS) is 1. The Balaban J connectivity index is 1.83. The fourth-order valence-corrected chi connectivity index (χ4v) is 2.36. The van der Waals surface area contributed by atoms with Crippen molar-refractivity contribution in [2.24, 2.45) is 11.3 Å². The first kappa shape index (κ1) is 12.4. The number of ether oxygens (including phenoxy) is 1. The van der Waals surface area contributed by atoms with Crippen molar-refractivity contribution in [1.29, 1.82) is 0 Å². The molecule has 2 rings (SSSR count). The molecule has 5 nitrogen and oxygen atoms in total. The van der Waals surface area contributed by atoms with Gasteiger partial charge in [0.1, 0.15) is 0 Å². The SMILES string of the molecule is CCC1OCCC1C(=O)NCC1(C(=O)O)CC1. The van der Waals surface area contributed by atoms with Crippen molar-refractivity contribution in [1.82, 2.24) is 5.32 Å². The van der Waals surface area contributed by atoms with Gasteiger partial charge in [0, 0.05) is 13.2 Å². The third-order valence-electron chi connectivity index (χ3n) is 3.86. The maximum atomic E-state index is 11.9. The molecule has 96 valence electrons. The van der Waals surface area contributed by atoms with Crippen molar-refractivity contribution in [3.05, 3.63) is 0 Å². The molecule has 1 aliphatic heterocycles. The molecule has 1 saturated carbocycles. The highest BCUT2D eigenvalue weighted by Crippen LogP contribution is 2.45. The molecule has 1 heterocycles. The molecular weight excluding hydrogens is 222 g/mol. The molecule has 0 aromatic carbocycles. The van der Waals surface area contributed by atoms with Gasteiger partial charge >= 0.3 is 5.97 Å². The summed E-state index contributed by atoms with van der Waals surface area (Å²) in [5.41, 5.74) is -0.684. The second-order valence-electron chi connectivity index (χ2n) is 5.02. The first-order valence-corrected chi connectivity index (χ1v) is 6.22. The first-order valence-electron chi connectivity index (χ1n) is 6.22. The van der Waals surface area contributed by atoms with E-state index in [1.165, 1.54) is 0 Å². The number of carbonyl (C=O) groups is 2. The zero-order valence-corrected chi connectivity index (χ0v) is 10.1. The van der Waals surface area contributed by atoms with E-state index < -0.39 is 11.4 Å². The molecule has 2 aliphatic rings. The van der Waals surface area contributed by atoms with Gasteiger partial charge in [-0.2, -0.15) is 0 Å². The van der Waals surface area contributed by atoms with Crippen molar-refractivity contribution in [2.45, 2.75) is 38.7 Å². The Morgan fingerprint density at radius 3 is 2.71 bits per heavy atom. The van der Waals surface area contributed by atoms with Crippen LogP contribution in [-0.4, -0.2) is 36.2 Å². The van der Waals surface area contributed by atoms with Crippen molar-refractivity contribution >= 4 is 11.9 Å². The zero-order valence-electron chi connectivity index (χ0n) is 10.1. The minimum Gasteiger partial charge on any atom is -0.481 e. The lowest BCUT2D eigenvalue weighted by atomic mass is 9.98. The quantitative estimate of drug-likeness (QED) is 0.746. The molecule has 17 heavy (non-hydrogen) atoms. The minimum absolute atomic E-state index is 0.00465. The van der Waals surface area contributed by atoms with Crippen LogP contribution in [0.25, 0.3) is 0 Å². The number of nitrogens with one attached hydrogen (secondary N) is 1. The fraction of sp³-hybridized carbons (Fsp3) is 0.833. The molecule has 0 aromatic rings. The third-order valence-corrected chi connectivity index (χ3v) is 3.86. The summed E-state index contributed by atoms with van der Waals surface area (Å²) in [5, 5.41) is 11.8. The van der Waals surface area contributed by atoms with E-state index in [1.807, 2.05) is 6.92 Å². The second-order valence-corrected chi connectivity index (χ2v) is 5.02. The van der Waals surface area contributed by atoms with E-state index in [4.69, 9.17) is 9.84 Å². The fourth-order valence-electron chi connectivity index (χ4n) is 2.36. The van der Waals surface area contributed by atoms with Gasteiger partial charge in [0.25, 0.3) is 0 Å². The van der Waals surface area contributed by atoms with Gasteiger partial charge in [0.2, 0.25) is 5.91 Å². The molecule has 0 bridgehead atoms. The predicted octanol–water partition coefficient (Wildman–Crippen LogP) is 0.782. The van der Waals surface area contributed by atoms with Gasteiger partial charge in [0.05, 0.1) is 17.4 Å². The molecule has 2 atom stereocenters. The predicted molar refractivity (Wildman–Crippen MR) is 60.5 cm³/mol. The lowest BCUT2D eigenvalue weighted by Crippen LogP contribution is -2.40. The van der Waals surface area contributed by atoms with Crippen LogP contribution in [0, 0.1) is 11.3 Å². The number of rotatable bonds is 5. The monoisotopic (exact) mass is 241 g/mol. The number of hydrogen-bond acceptors (Lipinski definition) is 3. The van der Waals surface area contributed by atoms with Gasteiger partial charge in [0.15, 0.2) is 0 Å². The summed E-state index contributed by atoms with van der Waals surface area (Å²) in [6, 6.07) is 0. The molecule has 5 heteroatoms. The summed E-state index contributed by atoms with van der Waals surface area (Å²) in [4.78, 5) is 22.9. The summed E-state index contributed by atoms with van der Waals surface area (Å²) in [7, 11) is 0. The van der Waals surface area contributed by atoms with Crippen molar-refractivity contribution in [3.8, 4) is 0 Å². The Labute approximate surface area is 101 Å². The molecule has 0 aromatic heterocycles. The Kier molecular flexibility index (Phi) is 3.38. The smallest absolute Gasteiger partial charge is 0.311 e. The third kappa shape index (κ3) is 2.44. The minimum atomic E-state index is -0.799. The summed E-state index contributed by atoms with van der Waals surface area (Å²) >= 11 is 0. The second kappa shape index (κ2) is 4.64. The van der Waals surface area contributed by atoms with E-state index in [0.29, 0.717) is 19.4 Å². The molecule has 2 unspecified atom stereocenters. The largest absolute Gasteiger partial charge is 0.481 e. The highest BCUT2D eigenvalue weighted by Gasteiger charge is 2.50. The van der Waals surface area contributed by atoms with Crippen LogP contribution in [0.4, 0.5) is 0 Å². The van der Waals surface area contributed by atoms with Crippen LogP contribution in [-0.2, 0) is 14.3 Å². The van der Waals surface area contributed by atoms with Crippen LogP contribution >= 0.6 is 0 Å². The van der Waals surface area contributed by atoms with Gasteiger partial charge in [-0.1, -0.05) is 6.92 Å². The van der Waals surface area contributed by atoms with Crippen LogP contribution in [0.2, 0.25) is 0 Å². The van der Waals surface area contributed by atoms with E-state index in [9.17, 15) is 9.59 Å². The average Bonchev–Trinajstić information content (AvgIpc) is 2.96. The molecular formula is C12H19NO4. The lowest BCUT2D eigenvalue weighted by Gasteiger charge is -2.18. The zero-order chi connectivity index (χ0) is 12.5. The number of carbonyl (C=O) groups excluding carboxylic acids is 1. The standard InChI is InChI=1S/C12H19NO4/c1-2-9-8(3-6-17-9)10(14)13-7-12(4-5-12)11(15)16/h8-9H,2-7H2,1H3,(H,13,14)(H,15,16). The van der Waals surface area contributed by atoms with Crippen LogP contribution in [0.3, 0.4) is 0 Å². The van der Waals surface area contributed by atoms with Gasteiger partial charge in [-0.15, -0.1) is 0 Å². The van der Waals surface area contributed by atoms with Crippen molar-refractivity contribution in [3.63, 3.8) is 0 Å². The Morgan fingerprint density at radius 1 is 1.47 bits per heavy atom. The average molecular weight is 241 g/mol. The molecule has 1 saturated heterocycles. The summed E-state index contributed by atoms with van der Waals surface area (Å²) in [6.07, 6.45) is 2.89. The molecule has 1 aliphatic carbocycles. The first-order chi connectivity index (χ1) is 8.09. The van der Waals surface area contributed by atoms with Crippen LogP contribution < -0.4 is 5.32 Å². The number of hydrogen-bond donors (Lipinski definition) is 2. The van der Waals surface area contributed by atoms with Gasteiger partial charge in [-0.05, 0) is 25.7 Å². The maximum absolute atomic E-state index is 11.9. The van der Waals surface area contributed by atoms with E-state index in [1.54, 1.807) is 0 Å². The Morgan fingerprint density at radius 2 is 2.18 bits per heavy atom. The lowest BCUT2D eigenvalue weighted by molar-refractivity contribution is -0.143. The van der Waals surface area contributed by atoms with Gasteiger partial charge < -0.3 is 15.2 Å². The van der Waals surface area contributed by atoms with E-state index in [-0.39, 0.29) is 24.5 Å². The topological polar surface area (TPSA) is 75.6 Å². The van der Waals surface area contributed by atoms with E-state index >= 15 is 0 Å².